The fourth-order valence-corrected chi connectivity index (χ4v) is 3.36. The molecular weight excluding hydrogens is 407 g/mol. The maximum Gasteiger partial charge on any atom is 0.343 e. The van der Waals surface area contributed by atoms with Crippen LogP contribution in [0.15, 0.2) is 36.4 Å². The quantitative estimate of drug-likeness (QED) is 0.432. The van der Waals surface area contributed by atoms with Crippen LogP contribution in [0.4, 0.5) is 0 Å². The summed E-state index contributed by atoms with van der Waals surface area (Å²) in [4.78, 5) is 23.2. The molecular formula is C20H16Cl2O6. The van der Waals surface area contributed by atoms with Crippen molar-refractivity contribution in [1.82, 2.24) is 0 Å². The number of benzene rings is 3. The van der Waals surface area contributed by atoms with Gasteiger partial charge in [0.1, 0.15) is 11.5 Å². The molecule has 6 nitrogen and oxygen atoms in total. The van der Waals surface area contributed by atoms with Crippen molar-refractivity contribution in [3.63, 3.8) is 0 Å². The van der Waals surface area contributed by atoms with E-state index in [1.54, 1.807) is 36.4 Å². The van der Waals surface area contributed by atoms with Crippen LogP contribution < -0.4 is 9.47 Å². The minimum absolute atomic E-state index is 0.305. The second kappa shape index (κ2) is 8.54. The third-order valence-corrected chi connectivity index (χ3v) is 4.72. The molecule has 0 radical (unpaired) electrons. The second-order valence-corrected chi connectivity index (χ2v) is 6.53. The fourth-order valence-electron chi connectivity index (χ4n) is 2.84. The van der Waals surface area contributed by atoms with Crippen molar-refractivity contribution in [1.29, 1.82) is 0 Å². The van der Waals surface area contributed by atoms with Crippen molar-refractivity contribution in [2.45, 2.75) is 0 Å². The maximum absolute atomic E-state index is 11.6. The minimum atomic E-state index is -0.540. The predicted molar refractivity (Wildman–Crippen MR) is 106 cm³/mol. The Morgan fingerprint density at radius 3 is 1.50 bits per heavy atom. The summed E-state index contributed by atoms with van der Waals surface area (Å²) in [5, 5.41) is 3.00. The molecule has 0 bridgehead atoms. The van der Waals surface area contributed by atoms with Crippen LogP contribution >= 0.6 is 23.2 Å². The first kappa shape index (κ1) is 20.0. The van der Waals surface area contributed by atoms with Crippen LogP contribution in [0, 0.1) is 0 Å². The van der Waals surface area contributed by atoms with Crippen molar-refractivity contribution < 1.29 is 28.5 Å². The Balaban J connectivity index is 2.31. The summed E-state index contributed by atoms with van der Waals surface area (Å²) in [6.07, 6.45) is 0. The molecule has 0 aliphatic carbocycles. The maximum atomic E-state index is 11.6. The summed E-state index contributed by atoms with van der Waals surface area (Å²) < 4.78 is 20.8. The number of methoxy groups -OCH3 is 2. The largest absolute Gasteiger partial charge is 0.481 e. The smallest absolute Gasteiger partial charge is 0.343 e. The molecule has 0 spiro atoms. The molecule has 8 heteroatoms. The van der Waals surface area contributed by atoms with E-state index in [1.807, 2.05) is 0 Å². The van der Waals surface area contributed by atoms with Gasteiger partial charge in [0.15, 0.2) is 13.2 Å². The van der Waals surface area contributed by atoms with E-state index in [4.69, 9.17) is 32.7 Å². The number of halogens is 2. The van der Waals surface area contributed by atoms with Gasteiger partial charge in [-0.15, -0.1) is 0 Å². The van der Waals surface area contributed by atoms with Crippen LogP contribution in [0.2, 0.25) is 10.0 Å². The van der Waals surface area contributed by atoms with E-state index in [0.717, 1.165) is 0 Å². The molecule has 0 saturated carbocycles. The van der Waals surface area contributed by atoms with E-state index >= 15 is 0 Å². The molecule has 0 fully saturated rings. The molecule has 0 aromatic heterocycles. The molecule has 0 heterocycles. The Hall–Kier alpha value is -2.70. The molecule has 3 aromatic rings. The lowest BCUT2D eigenvalue weighted by molar-refractivity contribution is -0.143. The third kappa shape index (κ3) is 3.79. The highest BCUT2D eigenvalue weighted by molar-refractivity contribution is 6.40. The third-order valence-electron chi connectivity index (χ3n) is 4.09. The highest BCUT2D eigenvalue weighted by Gasteiger charge is 2.21. The first-order chi connectivity index (χ1) is 13.5. The lowest BCUT2D eigenvalue weighted by Crippen LogP contribution is -2.14. The zero-order chi connectivity index (χ0) is 20.3. The molecule has 0 amide bonds. The molecule has 0 saturated heterocycles. The Bertz CT molecular complexity index is 978. The van der Waals surface area contributed by atoms with Crippen molar-refractivity contribution in [3.8, 4) is 11.5 Å². The van der Waals surface area contributed by atoms with Crippen LogP contribution in [0.1, 0.15) is 0 Å². The monoisotopic (exact) mass is 422 g/mol. The molecule has 3 aromatic carbocycles. The summed E-state index contributed by atoms with van der Waals surface area (Å²) in [7, 11) is 2.55. The van der Waals surface area contributed by atoms with Crippen LogP contribution in [-0.4, -0.2) is 39.4 Å². The molecule has 0 aliphatic rings. The predicted octanol–water partition coefficient (Wildman–Crippen LogP) is 4.40. The Labute approximate surface area is 170 Å². The first-order valence-electron chi connectivity index (χ1n) is 8.19. The van der Waals surface area contributed by atoms with E-state index in [9.17, 15) is 9.59 Å². The number of esters is 2. The lowest BCUT2D eigenvalue weighted by Gasteiger charge is -2.18. The van der Waals surface area contributed by atoms with E-state index < -0.39 is 11.9 Å². The van der Waals surface area contributed by atoms with Gasteiger partial charge in [-0.2, -0.15) is 0 Å². The average molecular weight is 423 g/mol. The van der Waals surface area contributed by atoms with Crippen molar-refractivity contribution >= 4 is 56.7 Å². The van der Waals surface area contributed by atoms with Gasteiger partial charge in [0.2, 0.25) is 0 Å². The molecule has 0 atom stereocenters. The molecule has 146 valence electrons. The summed E-state index contributed by atoms with van der Waals surface area (Å²) in [5.74, 6) is -0.342. The van der Waals surface area contributed by atoms with E-state index in [-0.39, 0.29) is 13.2 Å². The Morgan fingerprint density at radius 2 is 1.14 bits per heavy atom. The van der Waals surface area contributed by atoms with E-state index in [1.165, 1.54) is 14.2 Å². The molecule has 0 unspecified atom stereocenters. The van der Waals surface area contributed by atoms with Crippen molar-refractivity contribution in [2.24, 2.45) is 0 Å². The molecule has 3 rings (SSSR count). The van der Waals surface area contributed by atoms with Crippen LogP contribution in [0.3, 0.4) is 0 Å². The summed E-state index contributed by atoms with van der Waals surface area (Å²) in [6, 6.07) is 10.4. The van der Waals surface area contributed by atoms with Gasteiger partial charge in [0.25, 0.3) is 0 Å². The second-order valence-electron chi connectivity index (χ2n) is 5.71. The van der Waals surface area contributed by atoms with Gasteiger partial charge in [-0.3, -0.25) is 0 Å². The Kier molecular flexibility index (Phi) is 6.11. The first-order valence-corrected chi connectivity index (χ1v) is 8.95. The number of rotatable bonds is 6. The zero-order valence-electron chi connectivity index (χ0n) is 15.1. The van der Waals surface area contributed by atoms with Gasteiger partial charge < -0.3 is 18.9 Å². The highest BCUT2D eigenvalue weighted by Crippen LogP contribution is 2.47. The average Bonchev–Trinajstić information content (AvgIpc) is 2.70. The standard InChI is InChI=1S/C20H16Cl2O6/c1-25-15(23)9-27-19-11-5-3-8-14(22)18(11)20(28-10-16(24)26-2)12-6-4-7-13(21)17(12)19/h3-8H,9-10H2,1-2H3. The van der Waals surface area contributed by atoms with Crippen molar-refractivity contribution in [3.05, 3.63) is 46.4 Å². The summed E-state index contributed by atoms with van der Waals surface area (Å²) in [5.41, 5.74) is 0. The zero-order valence-corrected chi connectivity index (χ0v) is 16.6. The lowest BCUT2D eigenvalue weighted by atomic mass is 10.0. The Morgan fingerprint density at radius 1 is 0.750 bits per heavy atom. The highest BCUT2D eigenvalue weighted by atomic mass is 35.5. The number of hydrogen-bond donors (Lipinski definition) is 0. The molecule has 0 aliphatic heterocycles. The van der Waals surface area contributed by atoms with Crippen molar-refractivity contribution in [2.75, 3.05) is 27.4 Å². The number of ether oxygens (including phenoxy) is 4. The summed E-state index contributed by atoms with van der Waals surface area (Å²) in [6.45, 7) is -0.610. The van der Waals surface area contributed by atoms with E-state index in [0.29, 0.717) is 43.1 Å². The number of carbonyl (C=O) groups excluding carboxylic acids is 2. The number of fused-ring (bicyclic) bond motifs is 2. The molecule has 0 N–H and O–H groups in total. The topological polar surface area (TPSA) is 71.1 Å². The van der Waals surface area contributed by atoms with Gasteiger partial charge in [0.05, 0.1) is 24.3 Å². The SMILES string of the molecule is COC(=O)COc1c2cccc(Cl)c2c(OCC(=O)OC)c2cccc(Cl)c12. The fraction of sp³-hybridized carbons (Fsp3) is 0.200. The summed E-state index contributed by atoms with van der Waals surface area (Å²) >= 11 is 12.9. The van der Waals surface area contributed by atoms with E-state index in [2.05, 4.69) is 9.47 Å². The number of hydrogen-bond acceptors (Lipinski definition) is 6. The van der Waals surface area contributed by atoms with Gasteiger partial charge in [-0.25, -0.2) is 9.59 Å². The minimum Gasteiger partial charge on any atom is -0.481 e. The molecule has 28 heavy (non-hydrogen) atoms. The van der Waals surface area contributed by atoms with Gasteiger partial charge >= 0.3 is 11.9 Å². The number of carbonyl (C=O) groups is 2. The van der Waals surface area contributed by atoms with Crippen LogP contribution in [0.5, 0.6) is 11.5 Å². The normalized spacial score (nSPS) is 10.7. The van der Waals surface area contributed by atoms with Crippen LogP contribution in [0.25, 0.3) is 21.5 Å². The van der Waals surface area contributed by atoms with Crippen LogP contribution in [-0.2, 0) is 19.1 Å². The van der Waals surface area contributed by atoms with Gasteiger partial charge in [-0.05, 0) is 12.1 Å². The van der Waals surface area contributed by atoms with Gasteiger partial charge in [-0.1, -0.05) is 47.5 Å². The van der Waals surface area contributed by atoms with Gasteiger partial charge in [0, 0.05) is 21.5 Å².